The fraction of sp³-hybridized carbons (Fsp3) is 0.125. The van der Waals surface area contributed by atoms with Crippen LogP contribution in [0.1, 0.15) is 0 Å². The number of nitrogens with zero attached hydrogens (tertiary/aromatic N) is 4. The maximum atomic E-state index is 13.2. The van der Waals surface area contributed by atoms with Gasteiger partial charge in [-0.1, -0.05) is 0 Å². The Labute approximate surface area is 139 Å². The average molecular weight is 341 g/mol. The van der Waals surface area contributed by atoms with Crippen LogP contribution in [0, 0.1) is 5.82 Å². The SMILES string of the molecule is Cn1ccc2ncn(CC(=O)Nc3nc4ccc(F)cc4o3)c2c1=O. The second kappa shape index (κ2) is 5.55. The molecule has 8 nitrogen and oxygen atoms in total. The van der Waals surface area contributed by atoms with E-state index >= 15 is 0 Å². The Kier molecular flexibility index (Phi) is 3.34. The lowest BCUT2D eigenvalue weighted by atomic mass is 10.3. The van der Waals surface area contributed by atoms with Gasteiger partial charge in [0.2, 0.25) is 5.91 Å². The van der Waals surface area contributed by atoms with Crippen LogP contribution in [-0.4, -0.2) is 25.0 Å². The molecule has 0 aliphatic carbocycles. The summed E-state index contributed by atoms with van der Waals surface area (Å²) in [6.07, 6.45) is 3.03. The van der Waals surface area contributed by atoms with Crippen LogP contribution in [0.4, 0.5) is 10.4 Å². The van der Waals surface area contributed by atoms with Crippen molar-refractivity contribution in [3.05, 3.63) is 53.0 Å². The van der Waals surface area contributed by atoms with Crippen LogP contribution in [0.25, 0.3) is 22.1 Å². The van der Waals surface area contributed by atoms with Gasteiger partial charge in [-0.25, -0.2) is 9.37 Å². The number of carbonyl (C=O) groups is 1. The van der Waals surface area contributed by atoms with Crippen molar-refractivity contribution in [2.24, 2.45) is 7.05 Å². The molecule has 0 saturated heterocycles. The molecule has 1 N–H and O–H groups in total. The summed E-state index contributed by atoms with van der Waals surface area (Å²) >= 11 is 0. The third kappa shape index (κ3) is 2.65. The van der Waals surface area contributed by atoms with Gasteiger partial charge < -0.3 is 13.6 Å². The Morgan fingerprint density at radius 1 is 1.32 bits per heavy atom. The molecule has 0 radical (unpaired) electrons. The topological polar surface area (TPSA) is 95.0 Å². The number of hydrogen-bond donors (Lipinski definition) is 1. The predicted octanol–water partition coefficient (Wildman–Crippen LogP) is 1.65. The molecule has 0 fully saturated rings. The van der Waals surface area contributed by atoms with E-state index in [1.165, 1.54) is 33.7 Å². The standard InChI is InChI=1S/C16H12FN5O3/c1-21-5-4-11-14(15(21)24)22(8-18-11)7-13(23)20-16-19-10-3-2-9(17)6-12(10)25-16/h2-6,8H,7H2,1H3,(H,19,20,23). The summed E-state index contributed by atoms with van der Waals surface area (Å²) in [6.45, 7) is -0.136. The number of imidazole rings is 1. The van der Waals surface area contributed by atoms with E-state index in [9.17, 15) is 14.0 Å². The van der Waals surface area contributed by atoms with E-state index in [-0.39, 0.29) is 23.7 Å². The number of aryl methyl sites for hydroxylation is 1. The van der Waals surface area contributed by atoms with Crippen molar-refractivity contribution >= 4 is 34.1 Å². The van der Waals surface area contributed by atoms with Crippen LogP contribution < -0.4 is 10.9 Å². The minimum Gasteiger partial charge on any atom is -0.423 e. The quantitative estimate of drug-likeness (QED) is 0.611. The normalized spacial score (nSPS) is 11.3. The van der Waals surface area contributed by atoms with Gasteiger partial charge in [0.05, 0.1) is 11.8 Å². The summed E-state index contributed by atoms with van der Waals surface area (Å²) < 4.78 is 21.3. The first-order valence-electron chi connectivity index (χ1n) is 7.38. The number of anilines is 1. The van der Waals surface area contributed by atoms with E-state index in [0.29, 0.717) is 16.6 Å². The van der Waals surface area contributed by atoms with Crippen LogP contribution in [0.5, 0.6) is 0 Å². The highest BCUT2D eigenvalue weighted by Crippen LogP contribution is 2.19. The van der Waals surface area contributed by atoms with Gasteiger partial charge in [0, 0.05) is 19.3 Å². The fourth-order valence-corrected chi connectivity index (χ4v) is 2.55. The van der Waals surface area contributed by atoms with Crippen molar-refractivity contribution in [1.29, 1.82) is 0 Å². The first kappa shape index (κ1) is 15.1. The molecule has 3 aromatic heterocycles. The number of nitrogens with one attached hydrogen (secondary N) is 1. The van der Waals surface area contributed by atoms with Gasteiger partial charge in [0.15, 0.2) is 5.58 Å². The molecular formula is C16H12FN5O3. The fourth-order valence-electron chi connectivity index (χ4n) is 2.55. The predicted molar refractivity (Wildman–Crippen MR) is 87.6 cm³/mol. The second-order valence-corrected chi connectivity index (χ2v) is 5.52. The highest BCUT2D eigenvalue weighted by atomic mass is 19.1. The molecule has 0 spiro atoms. The van der Waals surface area contributed by atoms with Crippen molar-refractivity contribution in [2.45, 2.75) is 6.54 Å². The van der Waals surface area contributed by atoms with Crippen LogP contribution >= 0.6 is 0 Å². The number of carbonyl (C=O) groups excluding carboxylic acids is 1. The highest BCUT2D eigenvalue weighted by molar-refractivity contribution is 5.90. The Bertz CT molecular complexity index is 1170. The summed E-state index contributed by atoms with van der Waals surface area (Å²) in [7, 11) is 1.62. The minimum absolute atomic E-state index is 0.0390. The van der Waals surface area contributed by atoms with E-state index in [0.717, 1.165) is 0 Å². The molecule has 4 aromatic rings. The third-order valence-electron chi connectivity index (χ3n) is 3.76. The van der Waals surface area contributed by atoms with E-state index in [1.54, 1.807) is 19.3 Å². The zero-order valence-electron chi connectivity index (χ0n) is 13.1. The van der Waals surface area contributed by atoms with E-state index < -0.39 is 11.7 Å². The number of benzene rings is 1. The molecule has 9 heteroatoms. The van der Waals surface area contributed by atoms with E-state index in [2.05, 4.69) is 15.3 Å². The third-order valence-corrected chi connectivity index (χ3v) is 3.76. The Hall–Kier alpha value is -3.49. The molecule has 0 bridgehead atoms. The van der Waals surface area contributed by atoms with Crippen molar-refractivity contribution in [3.8, 4) is 0 Å². The first-order valence-corrected chi connectivity index (χ1v) is 7.38. The number of oxazole rings is 1. The zero-order chi connectivity index (χ0) is 17.6. The van der Waals surface area contributed by atoms with Gasteiger partial charge in [-0.3, -0.25) is 14.9 Å². The first-order chi connectivity index (χ1) is 12.0. The monoisotopic (exact) mass is 341 g/mol. The molecule has 0 unspecified atom stereocenters. The van der Waals surface area contributed by atoms with E-state index in [1.807, 2.05) is 0 Å². The molecule has 1 aromatic carbocycles. The number of rotatable bonds is 3. The average Bonchev–Trinajstić information content (AvgIpc) is 3.14. The number of fused-ring (bicyclic) bond motifs is 2. The second-order valence-electron chi connectivity index (χ2n) is 5.52. The maximum absolute atomic E-state index is 13.2. The number of pyridine rings is 1. The minimum atomic E-state index is -0.456. The molecule has 25 heavy (non-hydrogen) atoms. The number of amides is 1. The molecule has 126 valence electrons. The summed E-state index contributed by atoms with van der Waals surface area (Å²) in [5.41, 5.74) is 1.25. The van der Waals surface area contributed by atoms with Gasteiger partial charge in [-0.2, -0.15) is 4.98 Å². The lowest BCUT2D eigenvalue weighted by Crippen LogP contribution is -2.23. The van der Waals surface area contributed by atoms with Gasteiger partial charge in [-0.15, -0.1) is 0 Å². The van der Waals surface area contributed by atoms with Crippen LogP contribution in [0.15, 0.2) is 46.0 Å². The molecule has 0 saturated carbocycles. The smallest absolute Gasteiger partial charge is 0.302 e. The maximum Gasteiger partial charge on any atom is 0.302 e. The van der Waals surface area contributed by atoms with Gasteiger partial charge in [0.1, 0.15) is 23.4 Å². The van der Waals surface area contributed by atoms with Crippen LogP contribution in [0.2, 0.25) is 0 Å². The molecule has 0 atom stereocenters. The summed E-state index contributed by atoms with van der Waals surface area (Å²) in [5, 5.41) is 2.49. The Morgan fingerprint density at radius 2 is 2.16 bits per heavy atom. The number of hydrogen-bond acceptors (Lipinski definition) is 5. The van der Waals surface area contributed by atoms with E-state index in [4.69, 9.17) is 4.42 Å². The van der Waals surface area contributed by atoms with Crippen LogP contribution in [-0.2, 0) is 18.4 Å². The zero-order valence-corrected chi connectivity index (χ0v) is 13.1. The van der Waals surface area contributed by atoms with Gasteiger partial charge in [-0.05, 0) is 18.2 Å². The van der Waals surface area contributed by atoms with Crippen molar-refractivity contribution < 1.29 is 13.6 Å². The van der Waals surface area contributed by atoms with Crippen molar-refractivity contribution in [2.75, 3.05) is 5.32 Å². The Morgan fingerprint density at radius 3 is 3.00 bits per heavy atom. The molecule has 3 heterocycles. The number of aromatic nitrogens is 4. The largest absolute Gasteiger partial charge is 0.423 e. The molecule has 0 aliphatic heterocycles. The molecule has 1 amide bonds. The van der Waals surface area contributed by atoms with Gasteiger partial charge >= 0.3 is 6.01 Å². The van der Waals surface area contributed by atoms with Crippen LogP contribution in [0.3, 0.4) is 0 Å². The Balaban J connectivity index is 1.59. The lowest BCUT2D eigenvalue weighted by molar-refractivity contribution is -0.116. The summed E-state index contributed by atoms with van der Waals surface area (Å²) in [5.74, 6) is -0.903. The summed E-state index contributed by atoms with van der Waals surface area (Å²) in [6, 6.07) is 5.55. The molecule has 0 aliphatic rings. The van der Waals surface area contributed by atoms with Gasteiger partial charge in [0.25, 0.3) is 5.56 Å². The molecular weight excluding hydrogens is 329 g/mol. The summed E-state index contributed by atoms with van der Waals surface area (Å²) in [4.78, 5) is 32.6. The lowest BCUT2D eigenvalue weighted by Gasteiger charge is -2.04. The highest BCUT2D eigenvalue weighted by Gasteiger charge is 2.14. The molecule has 4 rings (SSSR count). The van der Waals surface area contributed by atoms with Crippen molar-refractivity contribution in [1.82, 2.24) is 19.1 Å². The number of halogens is 1. The van der Waals surface area contributed by atoms with Crippen molar-refractivity contribution in [3.63, 3.8) is 0 Å².